The van der Waals surface area contributed by atoms with Gasteiger partial charge in [0.2, 0.25) is 11.7 Å². The monoisotopic (exact) mass is 343 g/mol. The first-order valence-electron chi connectivity index (χ1n) is 7.73. The molecule has 0 bridgehead atoms. The third kappa shape index (κ3) is 4.26. The number of nitrogens with one attached hydrogen (secondary N) is 1. The highest BCUT2D eigenvalue weighted by molar-refractivity contribution is 5.77. The Morgan fingerprint density at radius 1 is 1.36 bits per heavy atom. The van der Waals surface area contributed by atoms with Crippen molar-refractivity contribution >= 4 is 5.91 Å². The topological polar surface area (TPSA) is 91.2 Å². The predicted octanol–water partition coefficient (Wildman–Crippen LogP) is 1.28. The summed E-state index contributed by atoms with van der Waals surface area (Å²) in [5, 5.41) is 14.9. The molecule has 1 N–H and O–H groups in total. The minimum absolute atomic E-state index is 0.0719. The fourth-order valence-electron chi connectivity index (χ4n) is 2.10. The molecule has 0 unspecified atom stereocenters. The van der Waals surface area contributed by atoms with E-state index in [1.807, 2.05) is 6.92 Å². The molecule has 25 heavy (non-hydrogen) atoms. The van der Waals surface area contributed by atoms with Crippen LogP contribution in [-0.4, -0.2) is 45.9 Å². The number of carbonyl (C=O) groups is 1. The standard InChI is InChI=1S/C17H21N5O3/c1-6-17(3,7-2)18-15(23)11-22-20-16(19-21-22)12-8-9-13(24-4)14(10-12)25-5/h1,8-10H,7,11H2,2-5H3,(H,18,23)/t17-/m0/s1. The van der Waals surface area contributed by atoms with Gasteiger partial charge in [0.1, 0.15) is 6.54 Å². The molecule has 2 aromatic rings. The van der Waals surface area contributed by atoms with Crippen molar-refractivity contribution < 1.29 is 14.3 Å². The van der Waals surface area contributed by atoms with E-state index in [0.29, 0.717) is 29.3 Å². The van der Waals surface area contributed by atoms with Gasteiger partial charge in [-0.2, -0.15) is 4.80 Å². The van der Waals surface area contributed by atoms with Gasteiger partial charge >= 0.3 is 0 Å². The third-order valence-corrected chi connectivity index (χ3v) is 3.82. The summed E-state index contributed by atoms with van der Waals surface area (Å²) in [5.41, 5.74) is 0.00967. The molecular weight excluding hydrogens is 322 g/mol. The molecule has 0 aliphatic heterocycles. The lowest BCUT2D eigenvalue weighted by Crippen LogP contribution is -2.45. The van der Waals surface area contributed by atoms with Crippen LogP contribution in [0.2, 0.25) is 0 Å². The van der Waals surface area contributed by atoms with Crippen LogP contribution in [0.25, 0.3) is 11.4 Å². The number of benzene rings is 1. The number of hydrogen-bond donors (Lipinski definition) is 1. The number of nitrogens with zero attached hydrogens (tertiary/aromatic N) is 4. The van der Waals surface area contributed by atoms with Crippen LogP contribution in [0.15, 0.2) is 18.2 Å². The first-order chi connectivity index (χ1) is 11.9. The van der Waals surface area contributed by atoms with E-state index in [2.05, 4.69) is 26.6 Å². The Balaban J connectivity index is 2.13. The quantitative estimate of drug-likeness (QED) is 0.762. The molecule has 0 spiro atoms. The smallest absolute Gasteiger partial charge is 0.244 e. The number of methoxy groups -OCH3 is 2. The summed E-state index contributed by atoms with van der Waals surface area (Å²) in [7, 11) is 3.11. The van der Waals surface area contributed by atoms with Crippen molar-refractivity contribution in [2.45, 2.75) is 32.4 Å². The fourth-order valence-corrected chi connectivity index (χ4v) is 2.10. The van der Waals surface area contributed by atoms with E-state index in [1.165, 1.54) is 4.80 Å². The Hall–Kier alpha value is -3.08. The molecule has 2 rings (SSSR count). The van der Waals surface area contributed by atoms with E-state index < -0.39 is 5.54 Å². The number of hydrogen-bond acceptors (Lipinski definition) is 6. The second-order valence-electron chi connectivity index (χ2n) is 5.59. The number of carbonyl (C=O) groups excluding carboxylic acids is 1. The normalized spacial score (nSPS) is 12.8. The summed E-state index contributed by atoms with van der Waals surface area (Å²) in [5.74, 6) is 3.84. The summed E-state index contributed by atoms with van der Waals surface area (Å²) in [6.07, 6.45) is 6.08. The van der Waals surface area contributed by atoms with Gasteiger partial charge in [-0.3, -0.25) is 4.79 Å². The largest absolute Gasteiger partial charge is 0.493 e. The van der Waals surface area contributed by atoms with Crippen molar-refractivity contribution in [1.82, 2.24) is 25.5 Å². The number of aromatic nitrogens is 4. The maximum Gasteiger partial charge on any atom is 0.244 e. The number of amides is 1. The molecule has 8 heteroatoms. The van der Waals surface area contributed by atoms with E-state index >= 15 is 0 Å². The van der Waals surface area contributed by atoms with Crippen molar-refractivity contribution in [3.63, 3.8) is 0 Å². The van der Waals surface area contributed by atoms with Crippen LogP contribution in [0.1, 0.15) is 20.3 Å². The highest BCUT2D eigenvalue weighted by Crippen LogP contribution is 2.30. The highest BCUT2D eigenvalue weighted by Gasteiger charge is 2.22. The molecule has 1 heterocycles. The van der Waals surface area contributed by atoms with Gasteiger partial charge in [-0.15, -0.1) is 16.6 Å². The second-order valence-corrected chi connectivity index (χ2v) is 5.59. The Morgan fingerprint density at radius 2 is 2.08 bits per heavy atom. The lowest BCUT2D eigenvalue weighted by molar-refractivity contribution is -0.123. The van der Waals surface area contributed by atoms with Gasteiger partial charge in [0.25, 0.3) is 0 Å². The maximum absolute atomic E-state index is 12.1. The lowest BCUT2D eigenvalue weighted by Gasteiger charge is -2.22. The number of ether oxygens (including phenoxy) is 2. The first-order valence-corrected chi connectivity index (χ1v) is 7.73. The van der Waals surface area contributed by atoms with E-state index in [4.69, 9.17) is 15.9 Å². The predicted molar refractivity (Wildman–Crippen MR) is 92.0 cm³/mol. The van der Waals surface area contributed by atoms with Crippen molar-refractivity contribution in [2.24, 2.45) is 0 Å². The van der Waals surface area contributed by atoms with Crippen molar-refractivity contribution in [3.8, 4) is 35.2 Å². The molecule has 0 aliphatic carbocycles. The van der Waals surface area contributed by atoms with E-state index in [1.54, 1.807) is 39.3 Å². The first kappa shape index (κ1) is 18.3. The van der Waals surface area contributed by atoms with Crippen molar-refractivity contribution in [1.29, 1.82) is 0 Å². The summed E-state index contributed by atoms with van der Waals surface area (Å²) in [4.78, 5) is 13.3. The van der Waals surface area contributed by atoms with Gasteiger partial charge in [0, 0.05) is 5.56 Å². The average molecular weight is 343 g/mol. The van der Waals surface area contributed by atoms with Gasteiger partial charge in [-0.1, -0.05) is 12.8 Å². The van der Waals surface area contributed by atoms with Gasteiger partial charge in [0.05, 0.1) is 19.8 Å². The molecular formula is C17H21N5O3. The molecule has 0 saturated heterocycles. The van der Waals surface area contributed by atoms with Crippen LogP contribution in [0.4, 0.5) is 0 Å². The molecule has 1 atom stereocenters. The minimum atomic E-state index is -0.691. The van der Waals surface area contributed by atoms with Crippen LogP contribution in [0.3, 0.4) is 0 Å². The molecule has 8 nitrogen and oxygen atoms in total. The van der Waals surface area contributed by atoms with E-state index in [9.17, 15) is 4.79 Å². The summed E-state index contributed by atoms with van der Waals surface area (Å²) in [6, 6.07) is 5.28. The molecule has 1 amide bonds. The molecule has 132 valence electrons. The molecule has 0 saturated carbocycles. The maximum atomic E-state index is 12.1. The van der Waals surface area contributed by atoms with Gasteiger partial charge in [0.15, 0.2) is 11.5 Å². The van der Waals surface area contributed by atoms with Crippen LogP contribution < -0.4 is 14.8 Å². The van der Waals surface area contributed by atoms with Crippen LogP contribution in [-0.2, 0) is 11.3 Å². The lowest BCUT2D eigenvalue weighted by atomic mass is 10.0. The number of rotatable bonds is 7. The van der Waals surface area contributed by atoms with Gasteiger partial charge in [-0.05, 0) is 36.8 Å². The van der Waals surface area contributed by atoms with E-state index in [-0.39, 0.29) is 12.5 Å². The van der Waals surface area contributed by atoms with Crippen LogP contribution in [0, 0.1) is 12.3 Å². The fraction of sp³-hybridized carbons (Fsp3) is 0.412. The zero-order chi connectivity index (χ0) is 18.4. The van der Waals surface area contributed by atoms with Gasteiger partial charge in [-0.25, -0.2) is 0 Å². The second kappa shape index (κ2) is 7.66. The SMILES string of the molecule is C#C[C@@](C)(CC)NC(=O)Cn1nnc(-c2ccc(OC)c(OC)c2)n1. The zero-order valence-electron chi connectivity index (χ0n) is 14.7. The van der Waals surface area contributed by atoms with Crippen molar-refractivity contribution in [3.05, 3.63) is 18.2 Å². The minimum Gasteiger partial charge on any atom is -0.493 e. The molecule has 0 radical (unpaired) electrons. The Morgan fingerprint density at radius 3 is 2.68 bits per heavy atom. The molecule has 1 aromatic heterocycles. The van der Waals surface area contributed by atoms with Crippen molar-refractivity contribution in [2.75, 3.05) is 14.2 Å². The van der Waals surface area contributed by atoms with Crippen LogP contribution >= 0.6 is 0 Å². The zero-order valence-corrected chi connectivity index (χ0v) is 14.7. The summed E-state index contributed by atoms with van der Waals surface area (Å²) in [6.45, 7) is 3.62. The van der Waals surface area contributed by atoms with E-state index in [0.717, 1.165) is 0 Å². The Bertz CT molecular complexity index is 796. The van der Waals surface area contributed by atoms with Crippen LogP contribution in [0.5, 0.6) is 11.5 Å². The highest BCUT2D eigenvalue weighted by atomic mass is 16.5. The Labute approximate surface area is 146 Å². The summed E-state index contributed by atoms with van der Waals surface area (Å²) >= 11 is 0. The third-order valence-electron chi connectivity index (χ3n) is 3.82. The number of tetrazole rings is 1. The molecule has 0 aliphatic rings. The Kier molecular flexibility index (Phi) is 5.60. The number of terminal acetylenes is 1. The van der Waals surface area contributed by atoms with Gasteiger partial charge < -0.3 is 14.8 Å². The molecule has 1 aromatic carbocycles. The summed E-state index contributed by atoms with van der Waals surface area (Å²) < 4.78 is 10.5. The molecule has 0 fully saturated rings. The average Bonchev–Trinajstić information content (AvgIpc) is 3.09.